The fraction of sp³-hybridized carbons (Fsp3) is 0.0833. The first-order valence-corrected chi connectivity index (χ1v) is 5.16. The minimum absolute atomic E-state index is 0.00231. The largest absolute Gasteiger partial charge is 0.465 e. The van der Waals surface area contributed by atoms with Crippen LogP contribution in [-0.4, -0.2) is 23.3 Å². The van der Waals surface area contributed by atoms with E-state index in [2.05, 4.69) is 14.9 Å². The van der Waals surface area contributed by atoms with Gasteiger partial charge in [0, 0.05) is 11.6 Å². The molecule has 0 aliphatic heterocycles. The summed E-state index contributed by atoms with van der Waals surface area (Å²) in [6, 6.07) is 3.97. The number of nitrogens with one attached hydrogen (secondary N) is 1. The molecule has 0 spiro atoms. The zero-order valence-corrected chi connectivity index (χ0v) is 9.74. The van der Waals surface area contributed by atoms with Crippen molar-refractivity contribution in [3.8, 4) is 11.3 Å². The van der Waals surface area contributed by atoms with Gasteiger partial charge in [-0.05, 0) is 18.2 Å². The Bertz CT molecular complexity index is 698. The van der Waals surface area contributed by atoms with E-state index in [9.17, 15) is 18.4 Å². The van der Waals surface area contributed by atoms with Crippen molar-refractivity contribution >= 4 is 5.97 Å². The van der Waals surface area contributed by atoms with Gasteiger partial charge in [0.15, 0.2) is 0 Å². The molecule has 0 radical (unpaired) electrons. The van der Waals surface area contributed by atoms with Crippen molar-refractivity contribution < 1.29 is 18.3 Å². The van der Waals surface area contributed by atoms with Crippen LogP contribution in [0.25, 0.3) is 11.3 Å². The maximum Gasteiger partial charge on any atom is 0.343 e. The molecule has 0 aliphatic carbocycles. The van der Waals surface area contributed by atoms with Crippen molar-refractivity contribution in [2.75, 3.05) is 7.11 Å². The normalized spacial score (nSPS) is 10.3. The van der Waals surface area contributed by atoms with Crippen LogP contribution in [-0.2, 0) is 4.74 Å². The molecule has 0 bridgehead atoms. The van der Waals surface area contributed by atoms with Crippen molar-refractivity contribution in [1.29, 1.82) is 0 Å². The van der Waals surface area contributed by atoms with Gasteiger partial charge in [-0.15, -0.1) is 0 Å². The molecule has 2 rings (SSSR count). The van der Waals surface area contributed by atoms with Crippen LogP contribution in [0.3, 0.4) is 0 Å². The summed E-state index contributed by atoms with van der Waals surface area (Å²) < 4.78 is 30.8. The molecule has 0 aliphatic rings. The quantitative estimate of drug-likeness (QED) is 0.836. The van der Waals surface area contributed by atoms with Crippen LogP contribution in [0.1, 0.15) is 10.4 Å². The number of halogens is 2. The minimum atomic E-state index is -0.868. The van der Waals surface area contributed by atoms with Gasteiger partial charge in [-0.2, -0.15) is 5.10 Å². The molecule has 0 saturated carbocycles. The molecule has 0 fully saturated rings. The van der Waals surface area contributed by atoms with E-state index in [0.717, 1.165) is 25.3 Å². The maximum absolute atomic E-state index is 13.6. The number of ether oxygens (including phenoxy) is 1. The molecule has 19 heavy (non-hydrogen) atoms. The Morgan fingerprint density at radius 1 is 1.32 bits per heavy atom. The third-order valence-electron chi connectivity index (χ3n) is 2.42. The molecule has 0 unspecified atom stereocenters. The zero-order chi connectivity index (χ0) is 14.0. The van der Waals surface area contributed by atoms with E-state index < -0.39 is 23.2 Å². The lowest BCUT2D eigenvalue weighted by atomic mass is 10.1. The number of esters is 1. The van der Waals surface area contributed by atoms with Crippen LogP contribution in [0.2, 0.25) is 0 Å². The van der Waals surface area contributed by atoms with Gasteiger partial charge in [-0.1, -0.05) is 0 Å². The highest BCUT2D eigenvalue weighted by atomic mass is 19.1. The zero-order valence-electron chi connectivity index (χ0n) is 9.74. The number of aromatic amines is 1. The first-order valence-electron chi connectivity index (χ1n) is 5.16. The summed E-state index contributed by atoms with van der Waals surface area (Å²) in [4.78, 5) is 22.7. The first-order chi connectivity index (χ1) is 9.02. The number of carbonyl (C=O) groups excluding carboxylic acids is 1. The molecule has 1 heterocycles. The highest BCUT2D eigenvalue weighted by molar-refractivity contribution is 5.89. The number of rotatable bonds is 2. The molecule has 1 aromatic heterocycles. The summed E-state index contributed by atoms with van der Waals surface area (Å²) in [6.07, 6.45) is 0. The van der Waals surface area contributed by atoms with Crippen molar-refractivity contribution in [3.63, 3.8) is 0 Å². The topological polar surface area (TPSA) is 72.0 Å². The molecule has 1 aromatic carbocycles. The van der Waals surface area contributed by atoms with Crippen LogP contribution in [0, 0.1) is 11.6 Å². The molecule has 2 aromatic rings. The van der Waals surface area contributed by atoms with Gasteiger partial charge in [-0.3, -0.25) is 4.79 Å². The Morgan fingerprint density at radius 3 is 2.68 bits per heavy atom. The van der Waals surface area contributed by atoms with Crippen LogP contribution >= 0.6 is 0 Å². The smallest absolute Gasteiger partial charge is 0.343 e. The summed E-state index contributed by atoms with van der Waals surface area (Å²) in [5, 5.41) is 5.67. The number of hydrogen-bond donors (Lipinski definition) is 1. The summed E-state index contributed by atoms with van der Waals surface area (Å²) in [6.45, 7) is 0. The predicted molar refractivity (Wildman–Crippen MR) is 61.5 cm³/mol. The van der Waals surface area contributed by atoms with Crippen LogP contribution < -0.4 is 5.56 Å². The van der Waals surface area contributed by atoms with Gasteiger partial charge in [-0.25, -0.2) is 18.7 Å². The van der Waals surface area contributed by atoms with Crippen LogP contribution in [0.4, 0.5) is 8.78 Å². The number of benzene rings is 1. The van der Waals surface area contributed by atoms with E-state index in [0.29, 0.717) is 6.07 Å². The Balaban J connectivity index is 2.57. The average Bonchev–Trinajstić information content (AvgIpc) is 2.39. The molecular weight excluding hydrogens is 258 g/mol. The number of aromatic nitrogens is 2. The lowest BCUT2D eigenvalue weighted by Gasteiger charge is -2.04. The van der Waals surface area contributed by atoms with E-state index in [1.807, 2.05) is 0 Å². The number of hydrogen-bond acceptors (Lipinski definition) is 4. The molecule has 0 amide bonds. The Hall–Kier alpha value is -2.57. The van der Waals surface area contributed by atoms with Gasteiger partial charge in [0.2, 0.25) is 0 Å². The van der Waals surface area contributed by atoms with Crippen molar-refractivity contribution in [2.45, 2.75) is 0 Å². The minimum Gasteiger partial charge on any atom is -0.465 e. The lowest BCUT2D eigenvalue weighted by Crippen LogP contribution is -2.20. The monoisotopic (exact) mass is 266 g/mol. The van der Waals surface area contributed by atoms with Gasteiger partial charge in [0.05, 0.1) is 12.8 Å². The number of nitrogens with zero attached hydrogens (tertiary/aromatic N) is 1. The molecule has 0 atom stereocenters. The van der Waals surface area contributed by atoms with E-state index in [1.165, 1.54) is 0 Å². The number of carbonyl (C=O) groups is 1. The first kappa shape index (κ1) is 12.9. The lowest BCUT2D eigenvalue weighted by molar-refractivity contribution is 0.0598. The average molecular weight is 266 g/mol. The highest BCUT2D eigenvalue weighted by Gasteiger charge is 2.15. The fourth-order valence-corrected chi connectivity index (χ4v) is 1.50. The Morgan fingerprint density at radius 2 is 2.05 bits per heavy atom. The standard InChI is InChI=1S/C12H8F2N2O3/c1-19-12(18)8-5-10(15-16-11(8)17)7-3-2-6(13)4-9(7)14/h2-5H,1H3,(H,16,17). The van der Waals surface area contributed by atoms with E-state index in [4.69, 9.17) is 0 Å². The second-order valence-electron chi connectivity index (χ2n) is 3.61. The van der Waals surface area contributed by atoms with Gasteiger partial charge < -0.3 is 4.74 Å². The van der Waals surface area contributed by atoms with Crippen molar-refractivity contribution in [1.82, 2.24) is 10.2 Å². The van der Waals surface area contributed by atoms with Gasteiger partial charge in [0.1, 0.15) is 17.2 Å². The molecule has 0 saturated heterocycles. The van der Waals surface area contributed by atoms with Crippen LogP contribution in [0.15, 0.2) is 29.1 Å². The Labute approximate surface area is 105 Å². The number of H-pyrrole nitrogens is 1. The van der Waals surface area contributed by atoms with E-state index in [-0.39, 0.29) is 16.8 Å². The highest BCUT2D eigenvalue weighted by Crippen LogP contribution is 2.21. The second kappa shape index (κ2) is 4.97. The summed E-state index contributed by atoms with van der Waals surface area (Å²) in [5.74, 6) is -2.46. The molecule has 98 valence electrons. The Kier molecular flexibility index (Phi) is 3.37. The molecule has 5 nitrogen and oxygen atoms in total. The second-order valence-corrected chi connectivity index (χ2v) is 3.61. The molecule has 1 N–H and O–H groups in total. The number of methoxy groups -OCH3 is 1. The molecule has 7 heteroatoms. The van der Waals surface area contributed by atoms with Gasteiger partial charge in [0.25, 0.3) is 5.56 Å². The van der Waals surface area contributed by atoms with Crippen molar-refractivity contribution in [2.24, 2.45) is 0 Å². The SMILES string of the molecule is COC(=O)c1cc(-c2ccc(F)cc2F)n[nH]c1=O. The fourth-order valence-electron chi connectivity index (χ4n) is 1.50. The predicted octanol–water partition coefficient (Wildman–Crippen LogP) is 1.50. The maximum atomic E-state index is 13.6. The van der Waals surface area contributed by atoms with Crippen molar-refractivity contribution in [3.05, 3.63) is 51.8 Å². The van der Waals surface area contributed by atoms with Gasteiger partial charge >= 0.3 is 5.97 Å². The summed E-state index contributed by atoms with van der Waals surface area (Å²) >= 11 is 0. The van der Waals surface area contributed by atoms with E-state index in [1.54, 1.807) is 0 Å². The third kappa shape index (κ3) is 2.49. The summed E-state index contributed by atoms with van der Waals surface area (Å²) in [7, 11) is 1.11. The van der Waals surface area contributed by atoms with Crippen LogP contribution in [0.5, 0.6) is 0 Å². The third-order valence-corrected chi connectivity index (χ3v) is 2.42. The summed E-state index contributed by atoms with van der Waals surface area (Å²) in [5.41, 5.74) is -1.10. The van der Waals surface area contributed by atoms with E-state index >= 15 is 0 Å². The molecular formula is C12H8F2N2O3.